The number of nitrogens with one attached hydrogen (secondary N) is 1. The molecule has 1 saturated heterocycles. The standard InChI is InChI=1S/C17H21N7O2S/c18-7-10-4-5-24(9-10)17-14-13(19)8-21-16(14)22-15(23-17)11-2-1-3-12(6-11)27(20,25)26/h1-3,6,8,10H,4-5,7,9,18-19H2,(H2,20,25,26)(H,21,22,23)/t10-/m0/s1. The van der Waals surface area contributed by atoms with Gasteiger partial charge in [0.2, 0.25) is 10.0 Å². The van der Waals surface area contributed by atoms with Crippen molar-refractivity contribution in [3.05, 3.63) is 30.5 Å². The Morgan fingerprint density at radius 1 is 1.30 bits per heavy atom. The molecule has 142 valence electrons. The molecule has 0 saturated carbocycles. The maximum atomic E-state index is 11.7. The number of hydrogen-bond acceptors (Lipinski definition) is 7. The van der Waals surface area contributed by atoms with E-state index in [-0.39, 0.29) is 4.90 Å². The van der Waals surface area contributed by atoms with E-state index in [1.54, 1.807) is 18.3 Å². The summed E-state index contributed by atoms with van der Waals surface area (Å²) in [5, 5.41) is 6.01. The predicted octanol–water partition coefficient (Wildman–Crippen LogP) is 0.639. The number of nitrogen functional groups attached to an aromatic ring is 1. The first kappa shape index (κ1) is 17.7. The molecule has 10 heteroatoms. The van der Waals surface area contributed by atoms with Crippen LogP contribution in [0.4, 0.5) is 11.5 Å². The number of fused-ring (bicyclic) bond motifs is 1. The van der Waals surface area contributed by atoms with Gasteiger partial charge < -0.3 is 21.4 Å². The van der Waals surface area contributed by atoms with Crippen LogP contribution in [0.1, 0.15) is 6.42 Å². The highest BCUT2D eigenvalue weighted by Gasteiger charge is 2.26. The molecule has 1 fully saturated rings. The van der Waals surface area contributed by atoms with Crippen LogP contribution in [-0.4, -0.2) is 43.0 Å². The fraction of sp³-hybridized carbons (Fsp3) is 0.294. The van der Waals surface area contributed by atoms with Gasteiger partial charge >= 0.3 is 0 Å². The van der Waals surface area contributed by atoms with Gasteiger partial charge in [-0.3, -0.25) is 0 Å². The Bertz CT molecular complexity index is 1110. The van der Waals surface area contributed by atoms with Gasteiger partial charge in [0.05, 0.1) is 16.0 Å². The number of rotatable bonds is 4. The Kier molecular flexibility index (Phi) is 4.25. The molecule has 0 bridgehead atoms. The Morgan fingerprint density at radius 2 is 2.11 bits per heavy atom. The van der Waals surface area contributed by atoms with Crippen molar-refractivity contribution in [3.8, 4) is 11.4 Å². The molecule has 0 spiro atoms. The molecule has 0 aliphatic carbocycles. The molecular formula is C17H21N7O2S. The van der Waals surface area contributed by atoms with Gasteiger partial charge in [-0.1, -0.05) is 12.1 Å². The average Bonchev–Trinajstić information content (AvgIpc) is 3.27. The van der Waals surface area contributed by atoms with E-state index in [0.29, 0.717) is 35.2 Å². The van der Waals surface area contributed by atoms with Crippen molar-refractivity contribution >= 4 is 32.6 Å². The van der Waals surface area contributed by atoms with Crippen LogP contribution in [-0.2, 0) is 10.0 Å². The van der Waals surface area contributed by atoms with Crippen molar-refractivity contribution in [1.29, 1.82) is 0 Å². The van der Waals surface area contributed by atoms with Crippen LogP contribution < -0.4 is 21.5 Å². The zero-order chi connectivity index (χ0) is 19.2. The first-order valence-corrected chi connectivity index (χ1v) is 10.1. The highest BCUT2D eigenvalue weighted by Crippen LogP contribution is 2.34. The molecule has 7 N–H and O–H groups in total. The van der Waals surface area contributed by atoms with Crippen molar-refractivity contribution in [3.63, 3.8) is 0 Å². The number of nitrogens with zero attached hydrogens (tertiary/aromatic N) is 3. The molecule has 1 atom stereocenters. The number of sulfonamides is 1. The molecule has 0 radical (unpaired) electrons. The lowest BCUT2D eigenvalue weighted by Crippen LogP contribution is -2.24. The van der Waals surface area contributed by atoms with Crippen LogP contribution in [0, 0.1) is 5.92 Å². The molecule has 1 aliphatic rings. The highest BCUT2D eigenvalue weighted by molar-refractivity contribution is 7.89. The Balaban J connectivity index is 1.86. The fourth-order valence-electron chi connectivity index (χ4n) is 3.42. The lowest BCUT2D eigenvalue weighted by molar-refractivity contribution is 0.598. The smallest absolute Gasteiger partial charge is 0.238 e. The minimum atomic E-state index is -3.82. The summed E-state index contributed by atoms with van der Waals surface area (Å²) in [6.07, 6.45) is 2.67. The first-order chi connectivity index (χ1) is 12.9. The number of H-pyrrole nitrogens is 1. The van der Waals surface area contributed by atoms with E-state index in [2.05, 4.69) is 14.9 Å². The Hall–Kier alpha value is -2.69. The normalized spacial score (nSPS) is 17.7. The maximum Gasteiger partial charge on any atom is 0.238 e. The third kappa shape index (κ3) is 3.22. The van der Waals surface area contributed by atoms with Gasteiger partial charge in [0.25, 0.3) is 0 Å². The first-order valence-electron chi connectivity index (χ1n) is 8.59. The van der Waals surface area contributed by atoms with Crippen molar-refractivity contribution in [2.24, 2.45) is 16.8 Å². The molecular weight excluding hydrogens is 366 g/mol. The summed E-state index contributed by atoms with van der Waals surface area (Å²) in [5.41, 5.74) is 13.7. The molecule has 9 nitrogen and oxygen atoms in total. The minimum absolute atomic E-state index is 0.0145. The fourth-order valence-corrected chi connectivity index (χ4v) is 3.98. The lowest BCUT2D eigenvalue weighted by Gasteiger charge is -2.19. The van der Waals surface area contributed by atoms with Gasteiger partial charge in [0.15, 0.2) is 5.82 Å². The number of benzene rings is 1. The van der Waals surface area contributed by atoms with Gasteiger partial charge in [0.1, 0.15) is 11.5 Å². The SMILES string of the molecule is NC[C@@H]1CCN(c2nc(-c3cccc(S(N)(=O)=O)c3)nc3[nH]cc(N)c23)C1. The Morgan fingerprint density at radius 3 is 2.81 bits per heavy atom. The topological polar surface area (TPSA) is 157 Å². The van der Waals surface area contributed by atoms with E-state index < -0.39 is 10.0 Å². The number of hydrogen-bond donors (Lipinski definition) is 4. The van der Waals surface area contributed by atoms with Crippen LogP contribution in [0.2, 0.25) is 0 Å². The third-order valence-electron chi connectivity index (χ3n) is 4.88. The van der Waals surface area contributed by atoms with E-state index in [9.17, 15) is 8.42 Å². The van der Waals surface area contributed by atoms with Crippen molar-refractivity contribution in [2.45, 2.75) is 11.3 Å². The van der Waals surface area contributed by atoms with Gasteiger partial charge in [-0.05, 0) is 31.0 Å². The predicted molar refractivity (Wildman–Crippen MR) is 104 cm³/mol. The van der Waals surface area contributed by atoms with Crippen LogP contribution in [0.15, 0.2) is 35.4 Å². The van der Waals surface area contributed by atoms with Crippen molar-refractivity contribution in [1.82, 2.24) is 15.0 Å². The minimum Gasteiger partial charge on any atom is -0.397 e. The molecule has 1 aliphatic heterocycles. The van der Waals surface area contributed by atoms with Gasteiger partial charge in [-0.2, -0.15) is 0 Å². The highest BCUT2D eigenvalue weighted by atomic mass is 32.2. The molecule has 2 aromatic heterocycles. The van der Waals surface area contributed by atoms with Gasteiger partial charge in [-0.25, -0.2) is 23.5 Å². The summed E-state index contributed by atoms with van der Waals surface area (Å²) in [4.78, 5) is 14.5. The molecule has 0 amide bonds. The summed E-state index contributed by atoms with van der Waals surface area (Å²) in [6, 6.07) is 6.28. The zero-order valence-electron chi connectivity index (χ0n) is 14.6. The van der Waals surface area contributed by atoms with E-state index in [4.69, 9.17) is 21.6 Å². The maximum absolute atomic E-state index is 11.7. The third-order valence-corrected chi connectivity index (χ3v) is 5.79. The second-order valence-corrected chi connectivity index (χ2v) is 8.31. The summed E-state index contributed by atoms with van der Waals surface area (Å²) >= 11 is 0. The van der Waals surface area contributed by atoms with Crippen LogP contribution >= 0.6 is 0 Å². The van der Waals surface area contributed by atoms with Gasteiger partial charge in [-0.15, -0.1) is 0 Å². The van der Waals surface area contributed by atoms with Gasteiger partial charge in [0, 0.05) is 24.8 Å². The average molecular weight is 387 g/mol. The number of aromatic amines is 1. The zero-order valence-corrected chi connectivity index (χ0v) is 15.4. The molecule has 0 unspecified atom stereocenters. The van der Waals surface area contributed by atoms with Crippen molar-refractivity contribution < 1.29 is 8.42 Å². The lowest BCUT2D eigenvalue weighted by atomic mass is 10.1. The van der Waals surface area contributed by atoms with E-state index in [1.165, 1.54) is 12.1 Å². The van der Waals surface area contributed by atoms with Crippen LogP contribution in [0.5, 0.6) is 0 Å². The van der Waals surface area contributed by atoms with Crippen LogP contribution in [0.3, 0.4) is 0 Å². The van der Waals surface area contributed by atoms with Crippen LogP contribution in [0.25, 0.3) is 22.4 Å². The van der Waals surface area contributed by atoms with Crippen molar-refractivity contribution in [2.75, 3.05) is 30.3 Å². The summed E-state index contributed by atoms with van der Waals surface area (Å²) < 4.78 is 23.3. The molecule has 4 rings (SSSR count). The number of primary sulfonamides is 1. The quantitative estimate of drug-likeness (QED) is 0.511. The molecule has 3 heterocycles. The number of aromatic nitrogens is 3. The van der Waals surface area contributed by atoms with E-state index in [0.717, 1.165) is 30.7 Å². The second kappa shape index (κ2) is 6.48. The second-order valence-electron chi connectivity index (χ2n) is 6.75. The molecule has 3 aromatic rings. The summed E-state index contributed by atoms with van der Waals surface area (Å²) in [6.45, 7) is 2.25. The largest absolute Gasteiger partial charge is 0.397 e. The number of anilines is 2. The van der Waals surface area contributed by atoms with E-state index in [1.807, 2.05) is 0 Å². The monoisotopic (exact) mass is 387 g/mol. The molecule has 1 aromatic carbocycles. The summed E-state index contributed by atoms with van der Waals surface area (Å²) in [5.74, 6) is 1.54. The number of nitrogens with two attached hydrogens (primary N) is 3. The Labute approximate surface area is 156 Å². The summed E-state index contributed by atoms with van der Waals surface area (Å²) in [7, 11) is -3.82. The molecule has 27 heavy (non-hydrogen) atoms. The van der Waals surface area contributed by atoms with E-state index >= 15 is 0 Å².